The van der Waals surface area contributed by atoms with Gasteiger partial charge in [-0.2, -0.15) is 0 Å². The zero-order valence-electron chi connectivity index (χ0n) is 15.8. The summed E-state index contributed by atoms with van der Waals surface area (Å²) in [4.78, 5) is 4.80. The van der Waals surface area contributed by atoms with Gasteiger partial charge in [-0.25, -0.2) is 4.98 Å². The third-order valence-corrected chi connectivity index (χ3v) is 5.25. The molecule has 1 aromatic heterocycles. The molecule has 0 aliphatic heterocycles. The topological polar surface area (TPSA) is 34.2 Å². The van der Waals surface area contributed by atoms with Crippen molar-refractivity contribution >= 4 is 0 Å². The third kappa shape index (κ3) is 4.37. The van der Waals surface area contributed by atoms with Crippen molar-refractivity contribution in [2.45, 2.75) is 44.9 Å². The van der Waals surface area contributed by atoms with E-state index in [4.69, 9.17) is 9.72 Å². The maximum absolute atomic E-state index is 5.91. The molecule has 3 aromatic rings. The molecule has 0 fully saturated rings. The Balaban J connectivity index is 1.45. The quantitative estimate of drug-likeness (QED) is 0.641. The number of pyridine rings is 1. The summed E-state index contributed by atoms with van der Waals surface area (Å²) in [5, 5.41) is 3.79. The molecule has 0 bridgehead atoms. The van der Waals surface area contributed by atoms with E-state index < -0.39 is 0 Å². The van der Waals surface area contributed by atoms with Gasteiger partial charge in [0.1, 0.15) is 6.61 Å². The number of fused-ring (bicyclic) bond motifs is 1. The molecule has 2 unspecified atom stereocenters. The molecule has 4 rings (SSSR count). The lowest BCUT2D eigenvalue weighted by atomic mass is 9.90. The average Bonchev–Trinajstić information content (AvgIpc) is 2.73. The van der Waals surface area contributed by atoms with Crippen molar-refractivity contribution in [2.24, 2.45) is 0 Å². The number of rotatable bonds is 6. The number of nitrogens with zero attached hydrogens (tertiary/aromatic N) is 1. The Kier molecular flexibility index (Phi) is 5.50. The van der Waals surface area contributed by atoms with E-state index in [0.29, 0.717) is 18.7 Å². The first kappa shape index (κ1) is 17.7. The fourth-order valence-corrected chi connectivity index (χ4v) is 3.76. The van der Waals surface area contributed by atoms with E-state index >= 15 is 0 Å². The van der Waals surface area contributed by atoms with E-state index in [1.165, 1.54) is 16.8 Å². The molecule has 1 aliphatic rings. The fraction of sp³-hybridized carbons (Fsp3) is 0.292. The van der Waals surface area contributed by atoms with Crippen LogP contribution < -0.4 is 10.1 Å². The van der Waals surface area contributed by atoms with Gasteiger partial charge in [-0.05, 0) is 42.9 Å². The maximum Gasteiger partial charge on any atom is 0.213 e. The highest BCUT2D eigenvalue weighted by Gasteiger charge is 2.23. The third-order valence-electron chi connectivity index (χ3n) is 5.25. The zero-order valence-corrected chi connectivity index (χ0v) is 15.8. The molecule has 0 radical (unpaired) electrons. The first-order valence-electron chi connectivity index (χ1n) is 9.77. The highest BCUT2D eigenvalue weighted by Crippen LogP contribution is 2.32. The van der Waals surface area contributed by atoms with Crippen LogP contribution in [0.1, 0.15) is 54.2 Å². The van der Waals surface area contributed by atoms with E-state index in [9.17, 15) is 0 Å². The number of hydrogen-bond acceptors (Lipinski definition) is 3. The molecule has 138 valence electrons. The average molecular weight is 358 g/mol. The summed E-state index contributed by atoms with van der Waals surface area (Å²) < 4.78 is 5.91. The second-order valence-electron chi connectivity index (χ2n) is 7.20. The molecule has 27 heavy (non-hydrogen) atoms. The van der Waals surface area contributed by atoms with Gasteiger partial charge < -0.3 is 10.1 Å². The van der Waals surface area contributed by atoms with Gasteiger partial charge >= 0.3 is 0 Å². The van der Waals surface area contributed by atoms with Crippen LogP contribution in [0, 0.1) is 0 Å². The van der Waals surface area contributed by atoms with Gasteiger partial charge in [0, 0.05) is 23.8 Å². The lowest BCUT2D eigenvalue weighted by Crippen LogP contribution is -2.28. The summed E-state index contributed by atoms with van der Waals surface area (Å²) in [6.45, 7) is 2.79. The van der Waals surface area contributed by atoms with Crippen molar-refractivity contribution < 1.29 is 4.74 Å². The molecule has 1 aliphatic carbocycles. The molecule has 1 heterocycles. The minimum absolute atomic E-state index is 0.316. The van der Waals surface area contributed by atoms with E-state index in [1.54, 1.807) is 0 Å². The van der Waals surface area contributed by atoms with Crippen LogP contribution in [0.15, 0.2) is 72.8 Å². The van der Waals surface area contributed by atoms with Crippen molar-refractivity contribution in [2.75, 3.05) is 0 Å². The van der Waals surface area contributed by atoms with Gasteiger partial charge in [-0.3, -0.25) is 0 Å². The summed E-state index contributed by atoms with van der Waals surface area (Å²) >= 11 is 0. The molecule has 0 spiro atoms. The van der Waals surface area contributed by atoms with Gasteiger partial charge in [-0.15, -0.1) is 0 Å². The summed E-state index contributed by atoms with van der Waals surface area (Å²) in [7, 11) is 0. The number of hydrogen-bond donors (Lipinski definition) is 1. The van der Waals surface area contributed by atoms with Crippen LogP contribution in [0.5, 0.6) is 5.88 Å². The van der Waals surface area contributed by atoms with Crippen LogP contribution in [0.25, 0.3) is 0 Å². The van der Waals surface area contributed by atoms with Crippen LogP contribution in [-0.2, 0) is 13.0 Å². The zero-order chi connectivity index (χ0) is 18.5. The highest BCUT2D eigenvalue weighted by atomic mass is 16.5. The second-order valence-corrected chi connectivity index (χ2v) is 7.20. The predicted molar refractivity (Wildman–Crippen MR) is 109 cm³/mol. The van der Waals surface area contributed by atoms with Gasteiger partial charge in [0.25, 0.3) is 0 Å². The van der Waals surface area contributed by atoms with Crippen LogP contribution in [0.3, 0.4) is 0 Å². The van der Waals surface area contributed by atoms with Crippen molar-refractivity contribution in [3.8, 4) is 5.88 Å². The van der Waals surface area contributed by atoms with Crippen molar-refractivity contribution in [3.05, 3.63) is 95.2 Å². The minimum Gasteiger partial charge on any atom is -0.473 e. The highest BCUT2D eigenvalue weighted by molar-refractivity contribution is 5.31. The summed E-state index contributed by atoms with van der Waals surface area (Å²) in [6.07, 6.45) is 3.33. The van der Waals surface area contributed by atoms with Gasteiger partial charge in [-0.1, -0.05) is 66.7 Å². The minimum atomic E-state index is 0.316. The molecule has 2 atom stereocenters. The number of aryl methyl sites for hydroxylation is 1. The molecule has 0 amide bonds. The first-order valence-corrected chi connectivity index (χ1v) is 9.77. The monoisotopic (exact) mass is 358 g/mol. The number of aromatic nitrogens is 1. The van der Waals surface area contributed by atoms with Crippen LogP contribution >= 0.6 is 0 Å². The lowest BCUT2D eigenvalue weighted by Gasteiger charge is -2.29. The largest absolute Gasteiger partial charge is 0.473 e. The Morgan fingerprint density at radius 3 is 2.52 bits per heavy atom. The Labute approximate surface area is 161 Å². The Morgan fingerprint density at radius 1 is 1.00 bits per heavy atom. The van der Waals surface area contributed by atoms with Gasteiger partial charge in [0.2, 0.25) is 5.88 Å². The van der Waals surface area contributed by atoms with Crippen LogP contribution in [-0.4, -0.2) is 4.98 Å². The van der Waals surface area contributed by atoms with Crippen LogP contribution in [0.4, 0.5) is 0 Å². The Hall–Kier alpha value is -2.65. The lowest BCUT2D eigenvalue weighted by molar-refractivity contribution is 0.291. The maximum atomic E-state index is 5.91. The molecule has 0 saturated heterocycles. The molecular weight excluding hydrogens is 332 g/mol. The fourth-order valence-electron chi connectivity index (χ4n) is 3.76. The molecule has 1 N–H and O–H groups in total. The molecule has 3 nitrogen and oxygen atoms in total. The number of ether oxygens (including phenoxy) is 1. The molecule has 2 aromatic carbocycles. The van der Waals surface area contributed by atoms with Crippen molar-refractivity contribution in [3.63, 3.8) is 0 Å². The first-order chi connectivity index (χ1) is 13.3. The van der Waals surface area contributed by atoms with E-state index in [-0.39, 0.29) is 0 Å². The summed E-state index contributed by atoms with van der Waals surface area (Å²) in [6, 6.07) is 25.7. The summed E-state index contributed by atoms with van der Waals surface area (Å²) in [5.74, 6) is 0.717. The summed E-state index contributed by atoms with van der Waals surface area (Å²) in [5.41, 5.74) is 4.97. The second kappa shape index (κ2) is 8.36. The van der Waals surface area contributed by atoms with Crippen molar-refractivity contribution in [1.82, 2.24) is 10.3 Å². The Morgan fingerprint density at radius 2 is 1.74 bits per heavy atom. The van der Waals surface area contributed by atoms with E-state index in [0.717, 1.165) is 30.7 Å². The molecule has 0 saturated carbocycles. The molecule has 3 heteroatoms. The van der Waals surface area contributed by atoms with Crippen molar-refractivity contribution in [1.29, 1.82) is 0 Å². The van der Waals surface area contributed by atoms with Gasteiger partial charge in [0.15, 0.2) is 0 Å². The molecular formula is C24H26N2O. The van der Waals surface area contributed by atoms with E-state index in [2.05, 4.69) is 60.8 Å². The number of benzene rings is 2. The number of nitrogens with one attached hydrogen (secondary N) is 1. The van der Waals surface area contributed by atoms with Gasteiger partial charge in [0.05, 0.1) is 0 Å². The van der Waals surface area contributed by atoms with E-state index in [1.807, 2.05) is 24.3 Å². The SMILES string of the molecule is CC(NC1CCCc2nc(OCc3ccccc3)ccc21)c1ccccc1. The normalized spacial score (nSPS) is 17.1. The smallest absolute Gasteiger partial charge is 0.213 e. The standard InChI is InChI=1S/C24H26N2O/c1-18(20-11-6-3-7-12-20)25-22-13-8-14-23-21(22)15-16-24(26-23)27-17-19-9-4-2-5-10-19/h2-7,9-12,15-16,18,22,25H,8,13-14,17H2,1H3. The Bertz CT molecular complexity index is 864. The predicted octanol–water partition coefficient (Wildman–Crippen LogP) is 5.39. The van der Waals surface area contributed by atoms with Crippen LogP contribution in [0.2, 0.25) is 0 Å².